The van der Waals surface area contributed by atoms with Crippen LogP contribution in [0.15, 0.2) is 12.1 Å². The molecule has 2 rings (SSSR count). The fourth-order valence-electron chi connectivity index (χ4n) is 2.50. The zero-order chi connectivity index (χ0) is 15.2. The molecule has 0 aromatic heterocycles. The zero-order valence-electron chi connectivity index (χ0n) is 12.3. The summed E-state index contributed by atoms with van der Waals surface area (Å²) in [6, 6.07) is 3.19. The summed E-state index contributed by atoms with van der Waals surface area (Å²) in [6.07, 6.45) is 3.22. The summed E-state index contributed by atoms with van der Waals surface area (Å²) in [6.45, 7) is 1.79. The van der Waals surface area contributed by atoms with Crippen molar-refractivity contribution >= 4 is 11.4 Å². The van der Waals surface area contributed by atoms with E-state index in [4.69, 9.17) is 9.47 Å². The predicted molar refractivity (Wildman–Crippen MR) is 80.3 cm³/mol. The second-order valence-electron chi connectivity index (χ2n) is 5.02. The number of nitro groups is 1. The highest BCUT2D eigenvalue weighted by molar-refractivity contribution is 5.68. The zero-order valence-corrected chi connectivity index (χ0v) is 12.3. The summed E-state index contributed by atoms with van der Waals surface area (Å²) in [5.74, 6) is 0.834. The molecular weight excluding hydrogens is 274 g/mol. The molecule has 1 heterocycles. The smallest absolute Gasteiger partial charge is 0.296 e. The van der Waals surface area contributed by atoms with Gasteiger partial charge in [0.1, 0.15) is 5.69 Å². The van der Waals surface area contributed by atoms with Gasteiger partial charge in [0, 0.05) is 18.7 Å². The number of rotatable bonds is 5. The van der Waals surface area contributed by atoms with Gasteiger partial charge in [0.2, 0.25) is 0 Å². The van der Waals surface area contributed by atoms with Crippen LogP contribution in [0, 0.1) is 10.1 Å². The lowest BCUT2D eigenvalue weighted by Gasteiger charge is -2.19. The van der Waals surface area contributed by atoms with Gasteiger partial charge in [0.05, 0.1) is 25.2 Å². The Kier molecular flexibility index (Phi) is 5.21. The number of ether oxygens (including phenoxy) is 2. The first-order chi connectivity index (χ1) is 10.2. The van der Waals surface area contributed by atoms with Crippen molar-refractivity contribution in [3.63, 3.8) is 0 Å². The maximum Gasteiger partial charge on any atom is 0.296 e. The average molecular weight is 295 g/mol. The minimum absolute atomic E-state index is 0.00287. The van der Waals surface area contributed by atoms with Crippen LogP contribution in [0.3, 0.4) is 0 Å². The molecule has 0 spiro atoms. The standard InChI is InChI=1S/C14H21N3O4/c1-20-13-7-11(12(17(18)19)8-14(13)21-2)16-10-5-3-4-6-15-9-10/h7-8,10,15-16H,3-6,9H2,1-2H3. The fourth-order valence-corrected chi connectivity index (χ4v) is 2.50. The van der Waals surface area contributed by atoms with Gasteiger partial charge >= 0.3 is 0 Å². The largest absolute Gasteiger partial charge is 0.493 e. The Morgan fingerprint density at radius 3 is 2.67 bits per heavy atom. The SMILES string of the molecule is COc1cc(NC2CCCCNC2)c([N+](=O)[O-])cc1OC. The Labute approximate surface area is 123 Å². The van der Waals surface area contributed by atoms with E-state index in [1.165, 1.54) is 20.3 Å². The number of hydrogen-bond donors (Lipinski definition) is 2. The molecule has 0 radical (unpaired) electrons. The van der Waals surface area contributed by atoms with Gasteiger partial charge in [-0.15, -0.1) is 0 Å². The Hall–Kier alpha value is -2.02. The van der Waals surface area contributed by atoms with Crippen molar-refractivity contribution in [1.29, 1.82) is 0 Å². The van der Waals surface area contributed by atoms with Crippen LogP contribution in [-0.2, 0) is 0 Å². The van der Waals surface area contributed by atoms with E-state index in [0.717, 1.165) is 32.4 Å². The summed E-state index contributed by atoms with van der Waals surface area (Å²) in [5, 5.41) is 17.8. The lowest BCUT2D eigenvalue weighted by Crippen LogP contribution is -2.31. The van der Waals surface area contributed by atoms with E-state index in [-0.39, 0.29) is 11.7 Å². The van der Waals surface area contributed by atoms with Gasteiger partial charge in [0.15, 0.2) is 11.5 Å². The van der Waals surface area contributed by atoms with E-state index in [2.05, 4.69) is 10.6 Å². The van der Waals surface area contributed by atoms with E-state index in [1.807, 2.05) is 0 Å². The van der Waals surface area contributed by atoms with E-state index >= 15 is 0 Å². The third kappa shape index (κ3) is 3.75. The molecule has 7 nitrogen and oxygen atoms in total. The van der Waals surface area contributed by atoms with Crippen molar-refractivity contribution in [1.82, 2.24) is 5.32 Å². The van der Waals surface area contributed by atoms with Gasteiger partial charge in [-0.25, -0.2) is 0 Å². The lowest BCUT2D eigenvalue weighted by atomic mass is 10.1. The van der Waals surface area contributed by atoms with Gasteiger partial charge < -0.3 is 20.1 Å². The number of methoxy groups -OCH3 is 2. The molecule has 0 saturated carbocycles. The van der Waals surface area contributed by atoms with Crippen molar-refractivity contribution in [2.24, 2.45) is 0 Å². The quantitative estimate of drug-likeness (QED) is 0.639. The molecule has 1 aromatic rings. The molecule has 1 atom stereocenters. The van der Waals surface area contributed by atoms with Crippen molar-refractivity contribution in [2.45, 2.75) is 25.3 Å². The number of nitrogens with zero attached hydrogens (tertiary/aromatic N) is 1. The van der Waals surface area contributed by atoms with Gasteiger partial charge in [-0.1, -0.05) is 6.42 Å². The summed E-state index contributed by atoms with van der Waals surface area (Å²) < 4.78 is 10.3. The van der Waals surface area contributed by atoms with E-state index in [1.54, 1.807) is 6.07 Å². The second-order valence-corrected chi connectivity index (χ2v) is 5.02. The minimum atomic E-state index is -0.408. The first-order valence-corrected chi connectivity index (χ1v) is 7.03. The molecule has 1 aliphatic rings. The summed E-state index contributed by atoms with van der Waals surface area (Å²) >= 11 is 0. The first kappa shape index (κ1) is 15.4. The van der Waals surface area contributed by atoms with Gasteiger partial charge in [-0.2, -0.15) is 0 Å². The lowest BCUT2D eigenvalue weighted by molar-refractivity contribution is -0.384. The summed E-state index contributed by atoms with van der Waals surface area (Å²) in [7, 11) is 2.98. The van der Waals surface area contributed by atoms with Crippen LogP contribution in [0.1, 0.15) is 19.3 Å². The molecule has 0 amide bonds. The van der Waals surface area contributed by atoms with Gasteiger partial charge in [-0.3, -0.25) is 10.1 Å². The molecular formula is C14H21N3O4. The Bertz CT molecular complexity index is 499. The average Bonchev–Trinajstić information content (AvgIpc) is 2.75. The van der Waals surface area contributed by atoms with E-state index < -0.39 is 4.92 Å². The van der Waals surface area contributed by atoms with Crippen molar-refractivity contribution < 1.29 is 14.4 Å². The number of nitro benzene ring substituents is 1. The normalized spacial score (nSPS) is 18.7. The van der Waals surface area contributed by atoms with Crippen molar-refractivity contribution in [3.8, 4) is 11.5 Å². The highest BCUT2D eigenvalue weighted by Gasteiger charge is 2.22. The molecule has 1 fully saturated rings. The van der Waals surface area contributed by atoms with E-state index in [0.29, 0.717) is 17.2 Å². The molecule has 1 unspecified atom stereocenters. The molecule has 0 bridgehead atoms. The fraction of sp³-hybridized carbons (Fsp3) is 0.571. The second kappa shape index (κ2) is 7.12. The first-order valence-electron chi connectivity index (χ1n) is 7.03. The topological polar surface area (TPSA) is 85.7 Å². The number of anilines is 1. The molecule has 21 heavy (non-hydrogen) atoms. The van der Waals surface area contributed by atoms with Crippen LogP contribution in [0.25, 0.3) is 0 Å². The van der Waals surface area contributed by atoms with Crippen molar-refractivity contribution in [3.05, 3.63) is 22.2 Å². The molecule has 1 aliphatic heterocycles. The number of benzene rings is 1. The minimum Gasteiger partial charge on any atom is -0.493 e. The van der Waals surface area contributed by atoms with Gasteiger partial charge in [0.25, 0.3) is 5.69 Å². The van der Waals surface area contributed by atoms with Crippen LogP contribution in [-0.4, -0.2) is 38.3 Å². The third-order valence-electron chi connectivity index (χ3n) is 3.61. The molecule has 116 valence electrons. The Morgan fingerprint density at radius 2 is 2.00 bits per heavy atom. The molecule has 7 heteroatoms. The van der Waals surface area contributed by atoms with Crippen LogP contribution >= 0.6 is 0 Å². The van der Waals surface area contributed by atoms with Crippen LogP contribution in [0.4, 0.5) is 11.4 Å². The maximum absolute atomic E-state index is 11.3. The highest BCUT2D eigenvalue weighted by Crippen LogP contribution is 2.38. The number of nitrogens with one attached hydrogen (secondary N) is 2. The van der Waals surface area contributed by atoms with Crippen LogP contribution in [0.5, 0.6) is 11.5 Å². The molecule has 1 saturated heterocycles. The predicted octanol–water partition coefficient (Wildman–Crippen LogP) is 2.17. The molecule has 1 aromatic carbocycles. The molecule has 0 aliphatic carbocycles. The summed E-state index contributed by atoms with van der Waals surface area (Å²) in [4.78, 5) is 10.8. The Morgan fingerprint density at radius 1 is 1.29 bits per heavy atom. The van der Waals surface area contributed by atoms with Gasteiger partial charge in [-0.05, 0) is 19.4 Å². The third-order valence-corrected chi connectivity index (χ3v) is 3.61. The maximum atomic E-state index is 11.3. The summed E-state index contributed by atoms with van der Waals surface area (Å²) in [5.41, 5.74) is 0.461. The number of hydrogen-bond acceptors (Lipinski definition) is 6. The van der Waals surface area contributed by atoms with Crippen LogP contribution in [0.2, 0.25) is 0 Å². The van der Waals surface area contributed by atoms with Crippen molar-refractivity contribution in [2.75, 3.05) is 32.6 Å². The highest BCUT2D eigenvalue weighted by atomic mass is 16.6. The molecule has 2 N–H and O–H groups in total. The van der Waals surface area contributed by atoms with E-state index in [9.17, 15) is 10.1 Å². The van der Waals surface area contributed by atoms with Crippen LogP contribution < -0.4 is 20.1 Å². The Balaban J connectivity index is 2.29. The monoisotopic (exact) mass is 295 g/mol.